The minimum Gasteiger partial charge on any atom is -0.0985 e. The Morgan fingerprint density at radius 2 is 2.08 bits per heavy atom. The van der Waals surface area contributed by atoms with Gasteiger partial charge in [-0.15, -0.1) is 0 Å². The summed E-state index contributed by atoms with van der Waals surface area (Å²) in [7, 11) is 0. The van der Waals surface area contributed by atoms with Crippen molar-refractivity contribution >= 4 is 5.57 Å². The molecule has 1 aromatic carbocycles. The van der Waals surface area contributed by atoms with E-state index >= 15 is 0 Å². The summed E-state index contributed by atoms with van der Waals surface area (Å²) in [5.41, 5.74) is 3.50. The van der Waals surface area contributed by atoms with Crippen molar-refractivity contribution in [2.24, 2.45) is 0 Å². The lowest BCUT2D eigenvalue weighted by Gasteiger charge is -2.07. The summed E-state index contributed by atoms with van der Waals surface area (Å²) in [4.78, 5) is 0. The van der Waals surface area contributed by atoms with Gasteiger partial charge in [0, 0.05) is 0 Å². The van der Waals surface area contributed by atoms with Crippen molar-refractivity contribution in [2.75, 3.05) is 0 Å². The fraction of sp³-hybridized carbons (Fsp3) is 0.231. The highest BCUT2D eigenvalue weighted by Crippen LogP contribution is 2.19. The SMILES string of the molecule is C=CC(=C)c1cccc(C(C)C)c1. The van der Waals surface area contributed by atoms with Crippen LogP contribution < -0.4 is 0 Å². The van der Waals surface area contributed by atoms with E-state index in [0.29, 0.717) is 5.92 Å². The first kappa shape index (κ1) is 9.79. The molecule has 0 heterocycles. The normalized spacial score (nSPS) is 10.1. The summed E-state index contributed by atoms with van der Waals surface area (Å²) < 4.78 is 0. The van der Waals surface area contributed by atoms with Gasteiger partial charge in [-0.2, -0.15) is 0 Å². The minimum atomic E-state index is 0.567. The summed E-state index contributed by atoms with van der Waals surface area (Å²) in [5, 5.41) is 0. The predicted molar refractivity (Wildman–Crippen MR) is 59.8 cm³/mol. The molecule has 0 atom stereocenters. The number of hydrogen-bond acceptors (Lipinski definition) is 0. The maximum atomic E-state index is 3.93. The summed E-state index contributed by atoms with van der Waals surface area (Å²) in [5.74, 6) is 0.567. The zero-order valence-electron chi connectivity index (χ0n) is 8.38. The second-order valence-electron chi connectivity index (χ2n) is 3.51. The van der Waals surface area contributed by atoms with Crippen LogP contribution in [-0.4, -0.2) is 0 Å². The van der Waals surface area contributed by atoms with Gasteiger partial charge < -0.3 is 0 Å². The number of hydrogen-bond donors (Lipinski definition) is 0. The first-order chi connectivity index (χ1) is 6.15. The molecule has 0 heteroatoms. The average Bonchev–Trinajstić information content (AvgIpc) is 2.17. The van der Waals surface area contributed by atoms with Gasteiger partial charge in [-0.25, -0.2) is 0 Å². The molecule has 0 aromatic heterocycles. The Bertz CT molecular complexity index is 319. The molecule has 1 rings (SSSR count). The fourth-order valence-electron chi connectivity index (χ4n) is 1.22. The van der Waals surface area contributed by atoms with E-state index in [9.17, 15) is 0 Å². The predicted octanol–water partition coefficient (Wildman–Crippen LogP) is 4.01. The van der Waals surface area contributed by atoms with E-state index in [-0.39, 0.29) is 0 Å². The summed E-state index contributed by atoms with van der Waals surface area (Å²) in [6.45, 7) is 12.0. The van der Waals surface area contributed by atoms with Gasteiger partial charge in [0.25, 0.3) is 0 Å². The monoisotopic (exact) mass is 172 g/mol. The summed E-state index contributed by atoms with van der Waals surface area (Å²) in [6.07, 6.45) is 1.79. The highest BCUT2D eigenvalue weighted by atomic mass is 14.1. The molecule has 68 valence electrons. The molecule has 0 spiro atoms. The van der Waals surface area contributed by atoms with Crippen LogP contribution in [0.1, 0.15) is 30.9 Å². The van der Waals surface area contributed by atoms with E-state index in [2.05, 4.69) is 51.3 Å². The van der Waals surface area contributed by atoms with Crippen molar-refractivity contribution in [1.29, 1.82) is 0 Å². The first-order valence-corrected chi connectivity index (χ1v) is 4.57. The fourth-order valence-corrected chi connectivity index (χ4v) is 1.22. The van der Waals surface area contributed by atoms with Gasteiger partial charge in [0.2, 0.25) is 0 Å². The van der Waals surface area contributed by atoms with Crippen molar-refractivity contribution in [3.8, 4) is 0 Å². The maximum absolute atomic E-state index is 3.93. The third-order valence-corrected chi connectivity index (χ3v) is 2.17. The van der Waals surface area contributed by atoms with E-state index < -0.39 is 0 Å². The Balaban J connectivity index is 3.05. The lowest BCUT2D eigenvalue weighted by Crippen LogP contribution is -1.88. The molecule has 0 amide bonds. The molecular formula is C13H16. The molecule has 0 nitrogen and oxygen atoms in total. The van der Waals surface area contributed by atoms with Crippen molar-refractivity contribution < 1.29 is 0 Å². The zero-order chi connectivity index (χ0) is 9.84. The minimum absolute atomic E-state index is 0.567. The Hall–Kier alpha value is -1.30. The highest BCUT2D eigenvalue weighted by Gasteiger charge is 2.00. The molecule has 0 unspecified atom stereocenters. The number of allylic oxidation sites excluding steroid dienone is 2. The van der Waals surface area contributed by atoms with Gasteiger partial charge in [0.15, 0.2) is 0 Å². The van der Waals surface area contributed by atoms with Gasteiger partial charge in [-0.3, -0.25) is 0 Å². The van der Waals surface area contributed by atoms with Crippen molar-refractivity contribution in [1.82, 2.24) is 0 Å². The first-order valence-electron chi connectivity index (χ1n) is 4.57. The maximum Gasteiger partial charge on any atom is -0.0187 e. The molecule has 0 N–H and O–H groups in total. The lowest BCUT2D eigenvalue weighted by atomic mass is 9.98. The number of benzene rings is 1. The number of rotatable bonds is 3. The van der Waals surface area contributed by atoms with E-state index in [1.54, 1.807) is 6.08 Å². The van der Waals surface area contributed by atoms with Crippen LogP contribution in [0, 0.1) is 0 Å². The largest absolute Gasteiger partial charge is 0.0985 e. The quantitative estimate of drug-likeness (QED) is 0.604. The van der Waals surface area contributed by atoms with Gasteiger partial charge in [-0.05, 0) is 22.6 Å². The van der Waals surface area contributed by atoms with Crippen molar-refractivity contribution in [3.05, 3.63) is 54.6 Å². The standard InChI is InChI=1S/C13H16/c1-5-11(4)13-8-6-7-12(9-13)10(2)3/h5-10H,1,4H2,2-3H3. The van der Waals surface area contributed by atoms with Crippen LogP contribution in [0.4, 0.5) is 0 Å². The smallest absolute Gasteiger partial charge is 0.0187 e. The van der Waals surface area contributed by atoms with Crippen LogP contribution >= 0.6 is 0 Å². The molecular weight excluding hydrogens is 156 g/mol. The lowest BCUT2D eigenvalue weighted by molar-refractivity contribution is 0.866. The van der Waals surface area contributed by atoms with Gasteiger partial charge >= 0.3 is 0 Å². The molecule has 0 bridgehead atoms. The van der Waals surface area contributed by atoms with Gasteiger partial charge in [0.05, 0.1) is 0 Å². The molecule has 0 fully saturated rings. The zero-order valence-corrected chi connectivity index (χ0v) is 8.38. The molecule has 0 saturated heterocycles. The van der Waals surface area contributed by atoms with Crippen LogP contribution in [0.15, 0.2) is 43.5 Å². The molecule has 0 aliphatic carbocycles. The third-order valence-electron chi connectivity index (χ3n) is 2.17. The van der Waals surface area contributed by atoms with E-state index in [1.165, 1.54) is 11.1 Å². The molecule has 0 radical (unpaired) electrons. The van der Waals surface area contributed by atoms with Gasteiger partial charge in [0.1, 0.15) is 0 Å². The average molecular weight is 172 g/mol. The van der Waals surface area contributed by atoms with Crippen LogP contribution in [0.2, 0.25) is 0 Å². The third kappa shape index (κ3) is 2.32. The van der Waals surface area contributed by atoms with Crippen LogP contribution in [0.3, 0.4) is 0 Å². The topological polar surface area (TPSA) is 0 Å². The molecule has 13 heavy (non-hydrogen) atoms. The molecule has 1 aromatic rings. The molecule has 0 aliphatic rings. The van der Waals surface area contributed by atoms with Gasteiger partial charge in [-0.1, -0.05) is 57.3 Å². The van der Waals surface area contributed by atoms with E-state index in [4.69, 9.17) is 0 Å². The summed E-state index contributed by atoms with van der Waals surface area (Å²) in [6, 6.07) is 8.45. The Morgan fingerprint density at radius 1 is 1.38 bits per heavy atom. The highest BCUT2D eigenvalue weighted by molar-refractivity contribution is 5.71. The van der Waals surface area contributed by atoms with Crippen LogP contribution in [-0.2, 0) is 0 Å². The molecule has 0 saturated carbocycles. The van der Waals surface area contributed by atoms with E-state index in [1.807, 2.05) is 0 Å². The Morgan fingerprint density at radius 3 is 2.62 bits per heavy atom. The second-order valence-corrected chi connectivity index (χ2v) is 3.51. The Labute approximate surface area is 80.6 Å². The Kier molecular flexibility index (Phi) is 3.07. The second kappa shape index (κ2) is 4.08. The van der Waals surface area contributed by atoms with Crippen molar-refractivity contribution in [2.45, 2.75) is 19.8 Å². The van der Waals surface area contributed by atoms with Crippen LogP contribution in [0.25, 0.3) is 5.57 Å². The van der Waals surface area contributed by atoms with E-state index in [0.717, 1.165) is 5.57 Å². The molecule has 0 aliphatic heterocycles. The van der Waals surface area contributed by atoms with Crippen LogP contribution in [0.5, 0.6) is 0 Å². The van der Waals surface area contributed by atoms with Crippen molar-refractivity contribution in [3.63, 3.8) is 0 Å². The summed E-state index contributed by atoms with van der Waals surface area (Å²) >= 11 is 0.